The summed E-state index contributed by atoms with van der Waals surface area (Å²) in [6.45, 7) is 18.0. The average molecular weight is 491 g/mol. The van der Waals surface area contributed by atoms with Crippen molar-refractivity contribution in [2.45, 2.75) is 77.4 Å². The number of carboxylic acid groups (broad SMARTS) is 1. The largest absolute Gasteiger partial charge is 0.478 e. The van der Waals surface area contributed by atoms with Crippen LogP contribution in [-0.4, -0.2) is 53.3 Å². The minimum Gasteiger partial charge on any atom is -0.478 e. The molecule has 5 heteroatoms. The van der Waals surface area contributed by atoms with E-state index in [0.29, 0.717) is 6.04 Å². The van der Waals surface area contributed by atoms with Crippen molar-refractivity contribution in [1.82, 2.24) is 4.90 Å². The number of rotatable bonds is 6. The third-order valence-corrected chi connectivity index (χ3v) is 8.28. The summed E-state index contributed by atoms with van der Waals surface area (Å²) in [6, 6.07) is 11.7. The van der Waals surface area contributed by atoms with Gasteiger partial charge in [-0.05, 0) is 78.0 Å². The van der Waals surface area contributed by atoms with E-state index in [9.17, 15) is 9.90 Å². The first-order chi connectivity index (χ1) is 16.9. The molecule has 1 aliphatic heterocycles. The maximum Gasteiger partial charge on any atom is 0.335 e. The molecule has 1 saturated heterocycles. The van der Waals surface area contributed by atoms with E-state index in [1.165, 1.54) is 16.8 Å². The monoisotopic (exact) mass is 490 g/mol. The smallest absolute Gasteiger partial charge is 0.335 e. The van der Waals surface area contributed by atoms with Crippen molar-refractivity contribution in [1.29, 1.82) is 0 Å². The molecule has 1 atom stereocenters. The first kappa shape index (κ1) is 26.4. The SMILES string of the molecule is CC(C)N1CCN(c2cc(C(O)/C=C\c3ccc(C(=O)O)cc3)cc3c2C(C)(C)CCC3(C)C)CC1. The maximum absolute atomic E-state index is 11.3. The highest BCUT2D eigenvalue weighted by Gasteiger charge is 2.40. The Labute approximate surface area is 216 Å². The van der Waals surface area contributed by atoms with Crippen molar-refractivity contribution in [3.8, 4) is 0 Å². The third kappa shape index (κ3) is 5.37. The summed E-state index contributed by atoms with van der Waals surface area (Å²) < 4.78 is 0. The molecular formula is C31H42N2O3. The number of aliphatic hydroxyl groups is 1. The van der Waals surface area contributed by atoms with E-state index >= 15 is 0 Å². The number of benzene rings is 2. The van der Waals surface area contributed by atoms with Crippen LogP contribution in [0.4, 0.5) is 5.69 Å². The second-order valence-corrected chi connectivity index (χ2v) is 12.1. The first-order valence-corrected chi connectivity index (χ1v) is 13.3. The van der Waals surface area contributed by atoms with Crippen LogP contribution in [0.25, 0.3) is 6.08 Å². The molecule has 5 nitrogen and oxygen atoms in total. The van der Waals surface area contributed by atoms with Gasteiger partial charge in [-0.3, -0.25) is 4.90 Å². The van der Waals surface area contributed by atoms with Gasteiger partial charge in [0.2, 0.25) is 0 Å². The molecule has 4 rings (SSSR count). The van der Waals surface area contributed by atoms with Crippen LogP contribution in [0.3, 0.4) is 0 Å². The Balaban J connectivity index is 1.71. The predicted molar refractivity (Wildman–Crippen MR) is 148 cm³/mol. The summed E-state index contributed by atoms with van der Waals surface area (Å²) >= 11 is 0. The highest BCUT2D eigenvalue weighted by atomic mass is 16.4. The summed E-state index contributed by atoms with van der Waals surface area (Å²) in [5.41, 5.74) is 6.25. The molecule has 0 radical (unpaired) electrons. The van der Waals surface area contributed by atoms with Gasteiger partial charge in [0.05, 0.1) is 11.7 Å². The molecule has 0 saturated carbocycles. The number of aliphatic hydroxyl groups excluding tert-OH is 1. The van der Waals surface area contributed by atoms with Gasteiger partial charge in [-0.1, -0.05) is 58.0 Å². The van der Waals surface area contributed by atoms with Gasteiger partial charge in [0.25, 0.3) is 0 Å². The van der Waals surface area contributed by atoms with E-state index in [-0.39, 0.29) is 16.4 Å². The topological polar surface area (TPSA) is 64.0 Å². The molecule has 1 aliphatic carbocycles. The zero-order valence-electron chi connectivity index (χ0n) is 22.7. The Hall–Kier alpha value is -2.63. The van der Waals surface area contributed by atoms with Crippen molar-refractivity contribution < 1.29 is 15.0 Å². The molecule has 2 aromatic rings. The number of aromatic carboxylic acids is 1. The quantitative estimate of drug-likeness (QED) is 0.519. The molecular weight excluding hydrogens is 448 g/mol. The molecule has 2 aromatic carbocycles. The van der Waals surface area contributed by atoms with Crippen molar-refractivity contribution in [2.75, 3.05) is 31.1 Å². The van der Waals surface area contributed by atoms with Crippen LogP contribution in [0, 0.1) is 0 Å². The van der Waals surface area contributed by atoms with E-state index in [2.05, 4.69) is 63.5 Å². The molecule has 194 valence electrons. The Kier molecular flexibility index (Phi) is 7.36. The van der Waals surface area contributed by atoms with Crippen molar-refractivity contribution in [3.05, 3.63) is 70.3 Å². The third-order valence-electron chi connectivity index (χ3n) is 8.28. The Morgan fingerprint density at radius 1 is 0.944 bits per heavy atom. The molecule has 0 bridgehead atoms. The summed E-state index contributed by atoms with van der Waals surface area (Å²) in [5, 5.41) is 20.4. The van der Waals surface area contributed by atoms with Gasteiger partial charge in [-0.2, -0.15) is 0 Å². The Bertz CT molecular complexity index is 1120. The van der Waals surface area contributed by atoms with Gasteiger partial charge < -0.3 is 15.1 Å². The zero-order valence-corrected chi connectivity index (χ0v) is 22.7. The van der Waals surface area contributed by atoms with Crippen LogP contribution in [0.2, 0.25) is 0 Å². The van der Waals surface area contributed by atoms with Crippen molar-refractivity contribution in [3.63, 3.8) is 0 Å². The second-order valence-electron chi connectivity index (χ2n) is 12.1. The van der Waals surface area contributed by atoms with Gasteiger partial charge in [0, 0.05) is 37.9 Å². The van der Waals surface area contributed by atoms with Crippen LogP contribution in [0.1, 0.15) is 93.1 Å². The fourth-order valence-corrected chi connectivity index (χ4v) is 5.73. The van der Waals surface area contributed by atoms with Gasteiger partial charge in [-0.15, -0.1) is 0 Å². The van der Waals surface area contributed by atoms with Crippen LogP contribution in [0.5, 0.6) is 0 Å². The number of anilines is 1. The van der Waals surface area contributed by atoms with Crippen molar-refractivity contribution >= 4 is 17.7 Å². The van der Waals surface area contributed by atoms with E-state index in [1.54, 1.807) is 30.3 Å². The maximum atomic E-state index is 11.3. The van der Waals surface area contributed by atoms with E-state index in [1.807, 2.05) is 6.08 Å². The summed E-state index contributed by atoms with van der Waals surface area (Å²) in [6.07, 6.45) is 5.20. The summed E-state index contributed by atoms with van der Waals surface area (Å²) in [7, 11) is 0. The van der Waals surface area contributed by atoms with E-state index in [0.717, 1.165) is 50.1 Å². The van der Waals surface area contributed by atoms with Gasteiger partial charge in [0.15, 0.2) is 0 Å². The lowest BCUT2D eigenvalue weighted by atomic mass is 9.62. The number of nitrogens with zero attached hydrogens (tertiary/aromatic N) is 2. The molecule has 0 aromatic heterocycles. The molecule has 1 fully saturated rings. The highest BCUT2D eigenvalue weighted by molar-refractivity contribution is 5.87. The summed E-state index contributed by atoms with van der Waals surface area (Å²) in [5.74, 6) is -0.938. The Morgan fingerprint density at radius 2 is 1.56 bits per heavy atom. The Morgan fingerprint density at radius 3 is 2.14 bits per heavy atom. The summed E-state index contributed by atoms with van der Waals surface area (Å²) in [4.78, 5) is 16.2. The van der Waals surface area contributed by atoms with Gasteiger partial charge in [-0.25, -0.2) is 4.79 Å². The number of fused-ring (bicyclic) bond motifs is 1. The number of hydrogen-bond donors (Lipinski definition) is 2. The molecule has 1 heterocycles. The van der Waals surface area contributed by atoms with Crippen molar-refractivity contribution in [2.24, 2.45) is 0 Å². The fraction of sp³-hybridized carbons (Fsp3) is 0.516. The lowest BCUT2D eigenvalue weighted by Gasteiger charge is -2.46. The molecule has 2 N–H and O–H groups in total. The normalized spacial score (nSPS) is 20.5. The minimum absolute atomic E-state index is 0.0471. The second kappa shape index (κ2) is 10.0. The molecule has 0 spiro atoms. The zero-order chi connectivity index (χ0) is 26.3. The average Bonchev–Trinajstić information content (AvgIpc) is 2.85. The lowest BCUT2D eigenvalue weighted by molar-refractivity contribution is 0.0697. The number of hydrogen-bond acceptors (Lipinski definition) is 4. The highest BCUT2D eigenvalue weighted by Crippen LogP contribution is 2.50. The lowest BCUT2D eigenvalue weighted by Crippen LogP contribution is -2.50. The van der Waals surface area contributed by atoms with Crippen LogP contribution < -0.4 is 4.90 Å². The number of carbonyl (C=O) groups is 1. The fourth-order valence-electron chi connectivity index (χ4n) is 5.73. The predicted octanol–water partition coefficient (Wildman–Crippen LogP) is 6.01. The van der Waals surface area contributed by atoms with Crippen LogP contribution in [0.15, 0.2) is 42.5 Å². The van der Waals surface area contributed by atoms with Crippen LogP contribution >= 0.6 is 0 Å². The molecule has 1 unspecified atom stereocenters. The first-order valence-electron chi connectivity index (χ1n) is 13.3. The number of carboxylic acids is 1. The molecule has 2 aliphatic rings. The van der Waals surface area contributed by atoms with E-state index in [4.69, 9.17) is 5.11 Å². The number of piperazine rings is 1. The van der Waals surface area contributed by atoms with Gasteiger partial charge in [0.1, 0.15) is 0 Å². The van der Waals surface area contributed by atoms with Crippen LogP contribution in [-0.2, 0) is 10.8 Å². The molecule has 36 heavy (non-hydrogen) atoms. The molecule has 0 amide bonds. The standard InChI is InChI=1S/C31H42N2O3/c1-21(2)32-15-17-33(18-16-32)26-20-24(19-25-28(26)31(5,6)14-13-30(25,3)4)27(34)12-9-22-7-10-23(11-8-22)29(35)36/h7-12,19-21,27,34H,13-18H2,1-6H3,(H,35,36)/b12-9-. The van der Waals surface area contributed by atoms with Gasteiger partial charge >= 0.3 is 5.97 Å². The minimum atomic E-state index is -0.938. The van der Waals surface area contributed by atoms with E-state index < -0.39 is 12.1 Å².